The van der Waals surface area contributed by atoms with Crippen molar-refractivity contribution < 1.29 is 26.4 Å². The van der Waals surface area contributed by atoms with Gasteiger partial charge in [0.2, 0.25) is 10.0 Å². The Balaban J connectivity index is 1.51. The minimum absolute atomic E-state index is 0.0324. The SMILES string of the molecule is Cc1ccc(S(=O)(=O)N2CCN(c3cccc(C)c3C)CC2)cc1C(=O)Nc1cccc(C(F)(F)F)c1. The van der Waals surface area contributed by atoms with Crippen LogP contribution in [0.2, 0.25) is 0 Å². The number of halogens is 3. The molecule has 6 nitrogen and oxygen atoms in total. The van der Waals surface area contributed by atoms with E-state index in [4.69, 9.17) is 0 Å². The molecule has 0 atom stereocenters. The van der Waals surface area contributed by atoms with Crippen LogP contribution in [0, 0.1) is 20.8 Å². The van der Waals surface area contributed by atoms with Crippen molar-refractivity contribution in [3.63, 3.8) is 0 Å². The highest BCUT2D eigenvalue weighted by molar-refractivity contribution is 7.89. The summed E-state index contributed by atoms with van der Waals surface area (Å²) in [5.74, 6) is -0.686. The molecule has 37 heavy (non-hydrogen) atoms. The number of hydrogen-bond acceptors (Lipinski definition) is 4. The fourth-order valence-electron chi connectivity index (χ4n) is 4.37. The summed E-state index contributed by atoms with van der Waals surface area (Å²) >= 11 is 0. The number of benzene rings is 3. The van der Waals surface area contributed by atoms with Crippen LogP contribution in [0.5, 0.6) is 0 Å². The van der Waals surface area contributed by atoms with Crippen molar-refractivity contribution in [3.8, 4) is 0 Å². The van der Waals surface area contributed by atoms with Crippen LogP contribution in [0.15, 0.2) is 65.6 Å². The van der Waals surface area contributed by atoms with Crippen molar-refractivity contribution in [3.05, 3.63) is 88.5 Å². The van der Waals surface area contributed by atoms with Gasteiger partial charge in [-0.3, -0.25) is 4.79 Å². The number of sulfonamides is 1. The number of nitrogens with zero attached hydrogens (tertiary/aromatic N) is 2. The largest absolute Gasteiger partial charge is 0.416 e. The number of carbonyl (C=O) groups excluding carboxylic acids is 1. The zero-order chi connectivity index (χ0) is 27.0. The number of aryl methyl sites for hydroxylation is 2. The minimum atomic E-state index is -4.55. The van der Waals surface area contributed by atoms with Gasteiger partial charge in [0.15, 0.2) is 0 Å². The van der Waals surface area contributed by atoms with Crippen LogP contribution in [-0.2, 0) is 16.2 Å². The van der Waals surface area contributed by atoms with Crippen molar-refractivity contribution in [2.45, 2.75) is 31.8 Å². The Bertz CT molecular complexity index is 1430. The van der Waals surface area contributed by atoms with E-state index >= 15 is 0 Å². The molecule has 1 heterocycles. The van der Waals surface area contributed by atoms with E-state index in [1.54, 1.807) is 6.92 Å². The van der Waals surface area contributed by atoms with Crippen LogP contribution in [0.1, 0.15) is 32.6 Å². The van der Waals surface area contributed by atoms with Crippen LogP contribution in [0.3, 0.4) is 0 Å². The number of rotatable bonds is 5. The molecule has 10 heteroatoms. The zero-order valence-corrected chi connectivity index (χ0v) is 21.6. The number of amides is 1. The van der Waals surface area contributed by atoms with Crippen molar-refractivity contribution in [2.24, 2.45) is 0 Å². The Morgan fingerprint density at radius 2 is 1.54 bits per heavy atom. The number of nitrogens with one attached hydrogen (secondary N) is 1. The Labute approximate surface area is 214 Å². The molecule has 4 rings (SSSR count). The summed E-state index contributed by atoms with van der Waals surface area (Å²) in [7, 11) is -3.88. The van der Waals surface area contributed by atoms with Gasteiger partial charge in [-0.15, -0.1) is 0 Å². The standard InChI is InChI=1S/C27H28F3N3O3S/c1-18-6-4-9-25(20(18)3)32-12-14-33(15-13-32)37(35,36)23-11-10-19(2)24(17-23)26(34)31-22-8-5-7-21(16-22)27(28,29)30/h4-11,16-17H,12-15H2,1-3H3,(H,31,34). The minimum Gasteiger partial charge on any atom is -0.369 e. The van der Waals surface area contributed by atoms with Gasteiger partial charge in [0.05, 0.1) is 10.5 Å². The summed E-state index contributed by atoms with van der Waals surface area (Å²) in [5.41, 5.74) is 3.07. The van der Waals surface area contributed by atoms with Gasteiger partial charge in [-0.25, -0.2) is 8.42 Å². The molecule has 0 aromatic heterocycles. The maximum absolute atomic E-state index is 13.4. The monoisotopic (exact) mass is 531 g/mol. The van der Waals surface area contributed by atoms with E-state index < -0.39 is 27.7 Å². The average molecular weight is 532 g/mol. The van der Waals surface area contributed by atoms with Crippen molar-refractivity contribution in [2.75, 3.05) is 36.4 Å². The molecule has 0 aliphatic carbocycles. The molecular formula is C27H28F3N3O3S. The number of piperazine rings is 1. The molecule has 1 aliphatic rings. The predicted molar refractivity (Wildman–Crippen MR) is 137 cm³/mol. The van der Waals surface area contributed by atoms with Crippen molar-refractivity contribution in [1.82, 2.24) is 4.31 Å². The molecule has 1 aliphatic heterocycles. The highest BCUT2D eigenvalue weighted by Crippen LogP contribution is 2.31. The first-order valence-electron chi connectivity index (χ1n) is 11.8. The third-order valence-corrected chi connectivity index (χ3v) is 8.59. The van der Waals surface area contributed by atoms with E-state index in [0.717, 1.165) is 23.4 Å². The second-order valence-electron chi connectivity index (χ2n) is 9.12. The van der Waals surface area contributed by atoms with Crippen molar-refractivity contribution in [1.29, 1.82) is 0 Å². The fraction of sp³-hybridized carbons (Fsp3) is 0.296. The van der Waals surface area contributed by atoms with Gasteiger partial charge >= 0.3 is 6.18 Å². The summed E-state index contributed by atoms with van der Waals surface area (Å²) in [6.07, 6.45) is -4.55. The molecule has 0 unspecified atom stereocenters. The van der Waals surface area contributed by atoms with E-state index in [2.05, 4.69) is 10.2 Å². The second kappa shape index (κ2) is 10.2. The first-order chi connectivity index (χ1) is 17.4. The molecule has 3 aromatic rings. The summed E-state index contributed by atoms with van der Waals surface area (Å²) < 4.78 is 67.3. The molecule has 1 saturated heterocycles. The molecule has 0 radical (unpaired) electrons. The van der Waals surface area contributed by atoms with Crippen LogP contribution < -0.4 is 10.2 Å². The number of carbonyl (C=O) groups is 1. The summed E-state index contributed by atoms with van der Waals surface area (Å²) in [5, 5.41) is 2.45. The molecule has 3 aromatic carbocycles. The van der Waals surface area contributed by atoms with E-state index in [1.165, 1.54) is 40.2 Å². The maximum atomic E-state index is 13.4. The maximum Gasteiger partial charge on any atom is 0.416 e. The van der Waals surface area contributed by atoms with Gasteiger partial charge < -0.3 is 10.2 Å². The van der Waals surface area contributed by atoms with Crippen LogP contribution in [0.4, 0.5) is 24.5 Å². The zero-order valence-electron chi connectivity index (χ0n) is 20.8. The van der Waals surface area contributed by atoms with E-state index in [9.17, 15) is 26.4 Å². The van der Waals surface area contributed by atoms with Gasteiger partial charge in [-0.2, -0.15) is 17.5 Å². The van der Waals surface area contributed by atoms with Crippen LogP contribution in [0.25, 0.3) is 0 Å². The van der Waals surface area contributed by atoms with Gasteiger partial charge in [0, 0.05) is 43.1 Å². The molecule has 0 saturated carbocycles. The first kappa shape index (κ1) is 26.7. The summed E-state index contributed by atoms with van der Waals surface area (Å²) in [6.45, 7) is 7.35. The lowest BCUT2D eigenvalue weighted by atomic mass is 10.1. The van der Waals surface area contributed by atoms with Crippen molar-refractivity contribution >= 4 is 27.3 Å². The van der Waals surface area contributed by atoms with Gasteiger partial charge in [-0.05, 0) is 73.9 Å². The van der Waals surface area contributed by atoms with Gasteiger partial charge in [0.1, 0.15) is 0 Å². The Hall–Kier alpha value is -3.37. The molecule has 196 valence electrons. The fourth-order valence-corrected chi connectivity index (χ4v) is 5.82. The Morgan fingerprint density at radius 3 is 2.22 bits per heavy atom. The third kappa shape index (κ3) is 5.65. The summed E-state index contributed by atoms with van der Waals surface area (Å²) in [6, 6.07) is 14.6. The third-order valence-electron chi connectivity index (χ3n) is 6.69. The Morgan fingerprint density at radius 1 is 0.865 bits per heavy atom. The first-order valence-corrected chi connectivity index (χ1v) is 13.2. The second-order valence-corrected chi connectivity index (χ2v) is 11.1. The predicted octanol–water partition coefficient (Wildman–Crippen LogP) is 5.39. The highest BCUT2D eigenvalue weighted by Gasteiger charge is 2.31. The highest BCUT2D eigenvalue weighted by atomic mass is 32.2. The van der Waals surface area contributed by atoms with E-state index in [0.29, 0.717) is 18.7 Å². The topological polar surface area (TPSA) is 69.7 Å². The molecular weight excluding hydrogens is 503 g/mol. The molecule has 1 N–H and O–H groups in total. The normalized spacial score (nSPS) is 15.0. The van der Waals surface area contributed by atoms with Crippen LogP contribution in [-0.4, -0.2) is 44.8 Å². The number of alkyl halides is 3. The quantitative estimate of drug-likeness (QED) is 0.479. The number of hydrogen-bond donors (Lipinski definition) is 1. The van der Waals surface area contributed by atoms with E-state index in [-0.39, 0.29) is 29.2 Å². The lowest BCUT2D eigenvalue weighted by Crippen LogP contribution is -2.48. The van der Waals surface area contributed by atoms with Gasteiger partial charge in [0.25, 0.3) is 5.91 Å². The summed E-state index contributed by atoms with van der Waals surface area (Å²) in [4.78, 5) is 15.0. The molecule has 0 spiro atoms. The lowest BCUT2D eigenvalue weighted by Gasteiger charge is -2.36. The molecule has 1 amide bonds. The molecule has 0 bridgehead atoms. The van der Waals surface area contributed by atoms with E-state index in [1.807, 2.05) is 32.0 Å². The van der Waals surface area contributed by atoms with Gasteiger partial charge in [-0.1, -0.05) is 24.3 Å². The lowest BCUT2D eigenvalue weighted by molar-refractivity contribution is -0.137. The number of anilines is 2. The Kier molecular flexibility index (Phi) is 7.34. The smallest absolute Gasteiger partial charge is 0.369 e. The van der Waals surface area contributed by atoms with Crippen LogP contribution >= 0.6 is 0 Å². The average Bonchev–Trinajstić information content (AvgIpc) is 2.85. The molecule has 1 fully saturated rings.